The highest BCUT2D eigenvalue weighted by atomic mass is 35.5. The predicted octanol–water partition coefficient (Wildman–Crippen LogP) is 2.92. The minimum atomic E-state index is -0.571. The Kier molecular flexibility index (Phi) is 4.11. The fourth-order valence-electron chi connectivity index (χ4n) is 2.76. The number of hydrogen-bond acceptors (Lipinski definition) is 4. The van der Waals surface area contributed by atoms with Crippen molar-refractivity contribution in [2.45, 2.75) is 19.1 Å². The van der Waals surface area contributed by atoms with Gasteiger partial charge in [-0.15, -0.1) is 0 Å². The van der Waals surface area contributed by atoms with Crippen molar-refractivity contribution in [3.8, 4) is 5.75 Å². The Bertz CT molecular complexity index is 910. The zero-order chi connectivity index (χ0) is 17.2. The molecule has 1 aliphatic heterocycles. The van der Waals surface area contributed by atoms with Gasteiger partial charge in [0.2, 0.25) is 0 Å². The number of rotatable bonds is 4. The molecule has 1 atom stereocenters. The Morgan fingerprint density at radius 3 is 2.96 bits per heavy atom. The van der Waals surface area contributed by atoms with E-state index in [2.05, 4.69) is 15.4 Å². The van der Waals surface area contributed by atoms with Crippen molar-refractivity contribution in [1.29, 1.82) is 0 Å². The largest absolute Gasteiger partial charge is 0.480 e. The molecule has 0 bridgehead atoms. The highest BCUT2D eigenvalue weighted by Gasteiger charge is 2.29. The number of nitrogens with zero attached hydrogens (tertiary/aromatic N) is 3. The third kappa shape index (κ3) is 3.49. The maximum atomic E-state index is 12.4. The van der Waals surface area contributed by atoms with Gasteiger partial charge in [-0.05, 0) is 41.5 Å². The van der Waals surface area contributed by atoms with E-state index >= 15 is 0 Å². The molecule has 1 unspecified atom stereocenters. The number of halogens is 1. The van der Waals surface area contributed by atoms with Gasteiger partial charge in [0.25, 0.3) is 5.91 Å². The lowest BCUT2D eigenvalue weighted by Crippen LogP contribution is -2.31. The summed E-state index contributed by atoms with van der Waals surface area (Å²) in [6, 6.07) is 11.0. The fraction of sp³-hybridized carbons (Fsp3) is 0.167. The highest BCUT2D eigenvalue weighted by Crippen LogP contribution is 2.31. The van der Waals surface area contributed by atoms with Gasteiger partial charge in [0.05, 0.1) is 6.54 Å². The van der Waals surface area contributed by atoms with Crippen LogP contribution in [0.2, 0.25) is 5.02 Å². The van der Waals surface area contributed by atoms with Crippen molar-refractivity contribution < 1.29 is 9.53 Å². The van der Waals surface area contributed by atoms with E-state index in [1.54, 1.807) is 35.3 Å². The van der Waals surface area contributed by atoms with Crippen LogP contribution in [-0.2, 0) is 17.8 Å². The van der Waals surface area contributed by atoms with Crippen molar-refractivity contribution in [2.24, 2.45) is 0 Å². The first-order chi connectivity index (χ1) is 12.2. The fourth-order valence-corrected chi connectivity index (χ4v) is 2.96. The van der Waals surface area contributed by atoms with Gasteiger partial charge >= 0.3 is 0 Å². The average Bonchev–Trinajstić information content (AvgIpc) is 3.22. The molecule has 7 heteroatoms. The smallest absolute Gasteiger partial charge is 0.266 e. The van der Waals surface area contributed by atoms with Crippen molar-refractivity contribution in [2.75, 3.05) is 5.32 Å². The summed E-state index contributed by atoms with van der Waals surface area (Å²) in [7, 11) is 0. The molecule has 0 aliphatic carbocycles. The summed E-state index contributed by atoms with van der Waals surface area (Å²) in [5.41, 5.74) is 2.03. The van der Waals surface area contributed by atoms with Crippen LogP contribution in [-0.4, -0.2) is 26.8 Å². The van der Waals surface area contributed by atoms with Gasteiger partial charge in [-0.1, -0.05) is 11.6 Å². The van der Waals surface area contributed by atoms with Crippen molar-refractivity contribution in [3.05, 3.63) is 71.1 Å². The zero-order valence-electron chi connectivity index (χ0n) is 13.2. The van der Waals surface area contributed by atoms with Gasteiger partial charge in [0.15, 0.2) is 11.9 Å². The maximum Gasteiger partial charge on any atom is 0.266 e. The van der Waals surface area contributed by atoms with E-state index in [9.17, 15) is 4.79 Å². The Balaban J connectivity index is 1.39. The van der Waals surface area contributed by atoms with Crippen molar-refractivity contribution >= 4 is 23.3 Å². The van der Waals surface area contributed by atoms with E-state index in [1.165, 1.54) is 0 Å². The van der Waals surface area contributed by atoms with E-state index < -0.39 is 6.10 Å². The summed E-state index contributed by atoms with van der Waals surface area (Å²) in [6.07, 6.45) is 5.23. The van der Waals surface area contributed by atoms with E-state index in [1.807, 2.05) is 24.4 Å². The number of carbonyl (C=O) groups is 1. The molecule has 0 fully saturated rings. The first-order valence-corrected chi connectivity index (χ1v) is 8.23. The Morgan fingerprint density at radius 2 is 2.12 bits per heavy atom. The normalized spacial score (nSPS) is 15.5. The number of benzene rings is 1. The zero-order valence-corrected chi connectivity index (χ0v) is 14.0. The number of amides is 1. The molecule has 6 nitrogen and oxygen atoms in total. The first-order valence-electron chi connectivity index (χ1n) is 7.86. The third-order valence-corrected chi connectivity index (χ3v) is 4.21. The van der Waals surface area contributed by atoms with Gasteiger partial charge in [-0.2, -0.15) is 5.10 Å². The van der Waals surface area contributed by atoms with E-state index in [0.29, 0.717) is 29.6 Å². The molecule has 1 aromatic carbocycles. The monoisotopic (exact) mass is 354 g/mol. The van der Waals surface area contributed by atoms with Crippen LogP contribution in [0.3, 0.4) is 0 Å². The van der Waals surface area contributed by atoms with E-state index in [0.717, 1.165) is 11.1 Å². The maximum absolute atomic E-state index is 12.4. The highest BCUT2D eigenvalue weighted by molar-refractivity contribution is 6.30. The Morgan fingerprint density at radius 1 is 1.28 bits per heavy atom. The summed E-state index contributed by atoms with van der Waals surface area (Å²) >= 11 is 5.98. The van der Waals surface area contributed by atoms with E-state index in [4.69, 9.17) is 16.3 Å². The SMILES string of the molecule is O=C(Nc1ccn(Cc2ccncc2)n1)C1Cc2cc(Cl)ccc2O1. The topological polar surface area (TPSA) is 69.0 Å². The summed E-state index contributed by atoms with van der Waals surface area (Å²) in [4.78, 5) is 16.4. The minimum Gasteiger partial charge on any atom is -0.480 e. The molecule has 3 aromatic rings. The number of hydrogen-bond donors (Lipinski definition) is 1. The number of anilines is 1. The van der Waals surface area contributed by atoms with Crippen LogP contribution < -0.4 is 10.1 Å². The molecule has 0 radical (unpaired) electrons. The summed E-state index contributed by atoms with van der Waals surface area (Å²) in [5.74, 6) is 0.978. The number of carbonyl (C=O) groups excluding carboxylic acids is 1. The molecule has 4 rings (SSSR count). The first kappa shape index (κ1) is 15.7. The standard InChI is InChI=1S/C18H15ClN4O2/c19-14-1-2-15-13(9-14)10-16(25-15)18(24)21-17-5-8-23(22-17)11-12-3-6-20-7-4-12/h1-9,16H,10-11H2,(H,21,22,24). The second-order valence-electron chi connectivity index (χ2n) is 5.81. The number of nitrogens with one attached hydrogen (secondary N) is 1. The summed E-state index contributed by atoms with van der Waals surface area (Å²) in [5, 5.41) is 7.80. The van der Waals surface area contributed by atoms with Crippen LogP contribution in [0.4, 0.5) is 5.82 Å². The number of ether oxygens (including phenoxy) is 1. The second kappa shape index (κ2) is 6.57. The second-order valence-corrected chi connectivity index (χ2v) is 6.24. The quantitative estimate of drug-likeness (QED) is 0.782. The molecule has 1 amide bonds. The molecule has 1 N–H and O–H groups in total. The van der Waals surface area contributed by atoms with Gasteiger partial charge in [-0.3, -0.25) is 14.5 Å². The minimum absolute atomic E-state index is 0.221. The summed E-state index contributed by atoms with van der Waals surface area (Å²) in [6.45, 7) is 0.613. The number of aromatic nitrogens is 3. The third-order valence-electron chi connectivity index (χ3n) is 3.98. The van der Waals surface area contributed by atoms with Crippen LogP contribution in [0, 0.1) is 0 Å². The molecular formula is C18H15ClN4O2. The Labute approximate surface area is 149 Å². The molecule has 1 aliphatic rings. The number of pyridine rings is 1. The van der Waals surface area contributed by atoms with Crippen LogP contribution in [0.5, 0.6) is 5.75 Å². The molecule has 2 aromatic heterocycles. The van der Waals surface area contributed by atoms with Gasteiger partial charge < -0.3 is 10.1 Å². The van der Waals surface area contributed by atoms with Crippen LogP contribution in [0.15, 0.2) is 55.0 Å². The van der Waals surface area contributed by atoms with Gasteiger partial charge in [0, 0.05) is 36.1 Å². The predicted molar refractivity (Wildman–Crippen MR) is 93.8 cm³/mol. The molecule has 3 heterocycles. The molecule has 0 saturated carbocycles. The number of fused-ring (bicyclic) bond motifs is 1. The molecule has 126 valence electrons. The molecular weight excluding hydrogens is 340 g/mol. The van der Waals surface area contributed by atoms with Crippen LogP contribution in [0.1, 0.15) is 11.1 Å². The molecule has 0 saturated heterocycles. The van der Waals surface area contributed by atoms with Crippen LogP contribution in [0.25, 0.3) is 0 Å². The summed E-state index contributed by atoms with van der Waals surface area (Å²) < 4.78 is 7.45. The van der Waals surface area contributed by atoms with Gasteiger partial charge in [-0.25, -0.2) is 0 Å². The molecule has 25 heavy (non-hydrogen) atoms. The van der Waals surface area contributed by atoms with E-state index in [-0.39, 0.29) is 5.91 Å². The lowest BCUT2D eigenvalue weighted by atomic mass is 10.1. The average molecular weight is 355 g/mol. The van der Waals surface area contributed by atoms with Crippen LogP contribution >= 0.6 is 11.6 Å². The van der Waals surface area contributed by atoms with Gasteiger partial charge in [0.1, 0.15) is 5.75 Å². The lowest BCUT2D eigenvalue weighted by Gasteiger charge is -2.09. The van der Waals surface area contributed by atoms with Crippen molar-refractivity contribution in [1.82, 2.24) is 14.8 Å². The Hall–Kier alpha value is -2.86. The lowest BCUT2D eigenvalue weighted by molar-refractivity contribution is -0.122. The van der Waals surface area contributed by atoms with Crippen molar-refractivity contribution in [3.63, 3.8) is 0 Å². The molecule has 0 spiro atoms.